The zero-order valence-corrected chi connectivity index (χ0v) is 18.0. The molecule has 0 saturated carbocycles. The number of benzene rings is 1. The lowest BCUT2D eigenvalue weighted by Crippen LogP contribution is -2.47. The second-order valence-electron chi connectivity index (χ2n) is 8.55. The first-order valence-electron chi connectivity index (χ1n) is 10.8. The number of rotatable bonds is 5. The summed E-state index contributed by atoms with van der Waals surface area (Å²) in [5.41, 5.74) is 2.56. The highest BCUT2D eigenvalue weighted by Gasteiger charge is 2.42. The largest absolute Gasteiger partial charge is 0.381 e. The number of hydrogen-bond acceptors (Lipinski definition) is 5. The summed E-state index contributed by atoms with van der Waals surface area (Å²) >= 11 is 0. The second kappa shape index (κ2) is 8.60. The molecule has 2 aromatic rings. The fourth-order valence-electron chi connectivity index (χ4n) is 4.29. The van der Waals surface area contributed by atoms with Crippen LogP contribution in [0, 0.1) is 0 Å². The molecule has 2 amide bonds. The van der Waals surface area contributed by atoms with Gasteiger partial charge in [-0.25, -0.2) is 14.8 Å². The van der Waals surface area contributed by atoms with Crippen LogP contribution in [-0.4, -0.2) is 40.2 Å². The van der Waals surface area contributed by atoms with Gasteiger partial charge in [-0.1, -0.05) is 37.3 Å². The number of nitrogens with one attached hydrogen (secondary N) is 2. The van der Waals surface area contributed by atoms with Gasteiger partial charge in [0.15, 0.2) is 0 Å². The molecule has 1 aromatic carbocycles. The Morgan fingerprint density at radius 3 is 2.70 bits per heavy atom. The number of amides is 2. The van der Waals surface area contributed by atoms with Gasteiger partial charge in [0.05, 0.1) is 23.8 Å². The molecule has 1 saturated heterocycles. The van der Waals surface area contributed by atoms with Crippen LogP contribution in [0.2, 0.25) is 0 Å². The average molecular weight is 410 g/mol. The quantitative estimate of drug-likeness (QED) is 0.781. The van der Waals surface area contributed by atoms with Crippen molar-refractivity contribution in [1.82, 2.24) is 20.2 Å². The topological polar surface area (TPSA) is 79.4 Å². The molecule has 2 N–H and O–H groups in total. The van der Waals surface area contributed by atoms with Gasteiger partial charge >= 0.3 is 6.03 Å². The summed E-state index contributed by atoms with van der Waals surface area (Å²) < 4.78 is 5.42. The summed E-state index contributed by atoms with van der Waals surface area (Å²) in [7, 11) is 0. The standard InChI is InChI=1S/C23H31N5O2/c1-4-19(16-8-6-5-7-9-16)27-22(29)28-15-20-18(23(28,2)3)14-24-21(26-20)25-17-10-12-30-13-11-17/h5-9,14,17,19H,4,10-13,15H2,1-3H3,(H,27,29)(H,24,25,26)/t19-/m1/s1. The van der Waals surface area contributed by atoms with E-state index in [1.54, 1.807) is 0 Å². The van der Waals surface area contributed by atoms with E-state index in [4.69, 9.17) is 9.72 Å². The van der Waals surface area contributed by atoms with Crippen molar-refractivity contribution in [3.05, 3.63) is 53.3 Å². The third kappa shape index (κ3) is 4.12. The van der Waals surface area contributed by atoms with Gasteiger partial charge in [-0.3, -0.25) is 0 Å². The van der Waals surface area contributed by atoms with E-state index < -0.39 is 5.54 Å². The van der Waals surface area contributed by atoms with Crippen LogP contribution in [0.3, 0.4) is 0 Å². The molecule has 1 fully saturated rings. The van der Waals surface area contributed by atoms with Crippen molar-refractivity contribution in [2.45, 2.75) is 64.2 Å². The van der Waals surface area contributed by atoms with E-state index >= 15 is 0 Å². The minimum Gasteiger partial charge on any atom is -0.381 e. The van der Waals surface area contributed by atoms with E-state index in [1.807, 2.05) is 29.3 Å². The van der Waals surface area contributed by atoms with Crippen molar-refractivity contribution in [3.8, 4) is 0 Å². The Morgan fingerprint density at radius 1 is 1.27 bits per heavy atom. The highest BCUT2D eigenvalue weighted by Crippen LogP contribution is 2.38. The molecule has 0 aliphatic carbocycles. The highest BCUT2D eigenvalue weighted by molar-refractivity contribution is 5.77. The van der Waals surface area contributed by atoms with Gasteiger partial charge in [0.2, 0.25) is 5.95 Å². The molecule has 0 bridgehead atoms. The number of anilines is 1. The van der Waals surface area contributed by atoms with E-state index in [1.165, 1.54) is 0 Å². The zero-order chi connectivity index (χ0) is 21.1. The van der Waals surface area contributed by atoms with E-state index in [0.29, 0.717) is 18.5 Å². The van der Waals surface area contributed by atoms with Crippen molar-refractivity contribution in [1.29, 1.82) is 0 Å². The van der Waals surface area contributed by atoms with Crippen LogP contribution in [0.5, 0.6) is 0 Å². The maximum absolute atomic E-state index is 13.2. The first kappa shape index (κ1) is 20.6. The Kier molecular flexibility index (Phi) is 5.90. The van der Waals surface area contributed by atoms with Crippen molar-refractivity contribution >= 4 is 12.0 Å². The van der Waals surface area contributed by atoms with Crippen LogP contribution >= 0.6 is 0 Å². The van der Waals surface area contributed by atoms with Crippen LogP contribution in [-0.2, 0) is 16.8 Å². The van der Waals surface area contributed by atoms with E-state index in [2.05, 4.69) is 48.5 Å². The molecule has 160 valence electrons. The van der Waals surface area contributed by atoms with Crippen LogP contribution in [0.25, 0.3) is 0 Å². The lowest BCUT2D eigenvalue weighted by atomic mass is 9.97. The number of urea groups is 1. The van der Waals surface area contributed by atoms with Crippen molar-refractivity contribution in [2.24, 2.45) is 0 Å². The SMILES string of the molecule is CC[C@@H](NC(=O)N1Cc2nc(NC3CCOCC3)ncc2C1(C)C)c1ccccc1. The monoisotopic (exact) mass is 409 g/mol. The fraction of sp³-hybridized carbons (Fsp3) is 0.522. The van der Waals surface area contributed by atoms with Gasteiger partial charge in [0.25, 0.3) is 0 Å². The van der Waals surface area contributed by atoms with Gasteiger partial charge in [-0.15, -0.1) is 0 Å². The first-order valence-corrected chi connectivity index (χ1v) is 10.8. The molecular weight excluding hydrogens is 378 g/mol. The Hall–Kier alpha value is -2.67. The smallest absolute Gasteiger partial charge is 0.318 e. The number of carbonyl (C=O) groups is 1. The van der Waals surface area contributed by atoms with Gasteiger partial charge in [0.1, 0.15) is 0 Å². The number of fused-ring (bicyclic) bond motifs is 1. The molecule has 7 nitrogen and oxygen atoms in total. The van der Waals surface area contributed by atoms with Crippen molar-refractivity contribution in [3.63, 3.8) is 0 Å². The third-order valence-corrected chi connectivity index (χ3v) is 6.22. The molecule has 4 rings (SSSR count). The lowest BCUT2D eigenvalue weighted by molar-refractivity contribution is 0.0903. The molecule has 0 unspecified atom stereocenters. The van der Waals surface area contributed by atoms with Gasteiger partial charge in [-0.05, 0) is 38.7 Å². The lowest BCUT2D eigenvalue weighted by Gasteiger charge is -2.33. The fourth-order valence-corrected chi connectivity index (χ4v) is 4.29. The van der Waals surface area contributed by atoms with Gasteiger partial charge in [0, 0.05) is 31.0 Å². The van der Waals surface area contributed by atoms with E-state index in [0.717, 1.165) is 49.3 Å². The minimum atomic E-state index is -0.467. The number of aromatic nitrogens is 2. The second-order valence-corrected chi connectivity index (χ2v) is 8.55. The maximum atomic E-state index is 13.2. The third-order valence-electron chi connectivity index (χ3n) is 6.22. The number of nitrogens with zero attached hydrogens (tertiary/aromatic N) is 3. The Bertz CT molecular complexity index is 880. The van der Waals surface area contributed by atoms with E-state index in [9.17, 15) is 4.79 Å². The summed E-state index contributed by atoms with van der Waals surface area (Å²) in [4.78, 5) is 24.4. The molecule has 0 radical (unpaired) electrons. The zero-order valence-electron chi connectivity index (χ0n) is 18.0. The Balaban J connectivity index is 1.48. The summed E-state index contributed by atoms with van der Waals surface area (Å²) in [6.07, 6.45) is 4.61. The minimum absolute atomic E-state index is 0.0185. The number of carbonyl (C=O) groups excluding carboxylic acids is 1. The van der Waals surface area contributed by atoms with Crippen molar-refractivity contribution in [2.75, 3.05) is 18.5 Å². The molecular formula is C23H31N5O2. The summed E-state index contributed by atoms with van der Waals surface area (Å²) in [6, 6.07) is 10.3. The molecule has 2 aliphatic rings. The van der Waals surface area contributed by atoms with Crippen LogP contribution in [0.15, 0.2) is 36.5 Å². The summed E-state index contributed by atoms with van der Waals surface area (Å²) in [5, 5.41) is 6.63. The molecule has 2 aliphatic heterocycles. The molecule has 1 atom stereocenters. The number of ether oxygens (including phenoxy) is 1. The summed E-state index contributed by atoms with van der Waals surface area (Å²) in [6.45, 7) is 8.20. The van der Waals surface area contributed by atoms with Gasteiger partial charge in [-0.2, -0.15) is 0 Å². The van der Waals surface area contributed by atoms with Crippen molar-refractivity contribution < 1.29 is 9.53 Å². The Labute approximate surface area is 178 Å². The number of hydrogen-bond donors (Lipinski definition) is 2. The van der Waals surface area contributed by atoms with E-state index in [-0.39, 0.29) is 12.1 Å². The predicted octanol–water partition coefficient (Wildman–Crippen LogP) is 3.98. The summed E-state index contributed by atoms with van der Waals surface area (Å²) in [5.74, 6) is 0.634. The Morgan fingerprint density at radius 2 is 2.00 bits per heavy atom. The molecule has 0 spiro atoms. The van der Waals surface area contributed by atoms with Gasteiger partial charge < -0.3 is 20.3 Å². The van der Waals surface area contributed by atoms with Crippen LogP contribution < -0.4 is 10.6 Å². The highest BCUT2D eigenvalue weighted by atomic mass is 16.5. The first-order chi connectivity index (χ1) is 14.5. The molecule has 1 aromatic heterocycles. The van der Waals surface area contributed by atoms with Crippen LogP contribution in [0.1, 0.15) is 62.9 Å². The maximum Gasteiger partial charge on any atom is 0.318 e. The molecule has 30 heavy (non-hydrogen) atoms. The molecule has 7 heteroatoms. The normalized spacial score (nSPS) is 19.2. The van der Waals surface area contributed by atoms with Crippen LogP contribution in [0.4, 0.5) is 10.7 Å². The molecule has 3 heterocycles. The average Bonchev–Trinajstić information content (AvgIpc) is 3.03. The predicted molar refractivity (Wildman–Crippen MR) is 116 cm³/mol.